The van der Waals surface area contributed by atoms with Crippen LogP contribution in [0.1, 0.15) is 12.0 Å². The Hall–Kier alpha value is -2.10. The highest BCUT2D eigenvalue weighted by atomic mass is 16.5. The van der Waals surface area contributed by atoms with Gasteiger partial charge in [-0.25, -0.2) is 0 Å². The molecule has 0 fully saturated rings. The fourth-order valence-electron chi connectivity index (χ4n) is 1.39. The predicted octanol–water partition coefficient (Wildman–Crippen LogP) is 1.46. The van der Waals surface area contributed by atoms with Crippen LogP contribution in [-0.4, -0.2) is 25.0 Å². The van der Waals surface area contributed by atoms with E-state index in [1.807, 2.05) is 30.3 Å². The van der Waals surface area contributed by atoms with Gasteiger partial charge in [-0.15, -0.1) is 0 Å². The van der Waals surface area contributed by atoms with Gasteiger partial charge in [-0.05, 0) is 12.0 Å². The van der Waals surface area contributed by atoms with Crippen molar-refractivity contribution >= 4 is 11.9 Å². The second-order valence-electron chi connectivity index (χ2n) is 3.73. The summed E-state index contributed by atoms with van der Waals surface area (Å²) in [7, 11) is 0. The Labute approximate surface area is 107 Å². The van der Waals surface area contributed by atoms with Crippen molar-refractivity contribution in [3.63, 3.8) is 0 Å². The van der Waals surface area contributed by atoms with Gasteiger partial charge in [-0.3, -0.25) is 9.59 Å². The predicted molar refractivity (Wildman–Crippen MR) is 68.9 cm³/mol. The van der Waals surface area contributed by atoms with E-state index in [0.29, 0.717) is 6.54 Å². The van der Waals surface area contributed by atoms with Crippen molar-refractivity contribution in [2.24, 2.45) is 0 Å². The Bertz CT molecular complexity index is 401. The monoisotopic (exact) mass is 247 g/mol. The van der Waals surface area contributed by atoms with Crippen molar-refractivity contribution in [2.45, 2.75) is 12.8 Å². The number of benzene rings is 1. The summed E-state index contributed by atoms with van der Waals surface area (Å²) in [5.41, 5.74) is 1.15. The van der Waals surface area contributed by atoms with Crippen molar-refractivity contribution in [3.05, 3.63) is 48.6 Å². The number of rotatable bonds is 7. The van der Waals surface area contributed by atoms with Crippen molar-refractivity contribution in [2.75, 3.05) is 13.2 Å². The molecule has 0 aromatic heterocycles. The molecule has 0 bridgehead atoms. The molecule has 0 unspecified atom stereocenters. The summed E-state index contributed by atoms with van der Waals surface area (Å²) in [4.78, 5) is 22.5. The largest absolute Gasteiger partial charge is 0.461 e. The Kier molecular flexibility index (Phi) is 6.25. The first-order valence-corrected chi connectivity index (χ1v) is 5.79. The molecule has 18 heavy (non-hydrogen) atoms. The molecule has 96 valence electrons. The first kappa shape index (κ1) is 14.0. The maximum atomic E-state index is 11.4. The molecule has 0 spiro atoms. The van der Waals surface area contributed by atoms with Crippen LogP contribution in [0.4, 0.5) is 0 Å². The number of ether oxygens (including phenoxy) is 1. The highest BCUT2D eigenvalue weighted by Crippen LogP contribution is 1.98. The van der Waals surface area contributed by atoms with E-state index in [4.69, 9.17) is 4.74 Å². The third-order valence-electron chi connectivity index (χ3n) is 2.25. The third-order valence-corrected chi connectivity index (χ3v) is 2.25. The zero-order valence-corrected chi connectivity index (χ0v) is 10.2. The van der Waals surface area contributed by atoms with Gasteiger partial charge in [0.05, 0.1) is 0 Å². The molecular weight excluding hydrogens is 230 g/mol. The van der Waals surface area contributed by atoms with Crippen LogP contribution < -0.4 is 5.32 Å². The first-order chi connectivity index (χ1) is 8.72. The standard InChI is InChI=1S/C14H17NO3/c1-2-10-18-14(17)11-13(16)15-9-8-12-6-4-3-5-7-12/h2-7H,1,8-11H2,(H,15,16). The molecule has 0 heterocycles. The molecule has 0 atom stereocenters. The number of hydrogen-bond acceptors (Lipinski definition) is 3. The van der Waals surface area contributed by atoms with Crippen LogP contribution in [0, 0.1) is 0 Å². The van der Waals surface area contributed by atoms with Gasteiger partial charge in [0, 0.05) is 6.54 Å². The van der Waals surface area contributed by atoms with Crippen molar-refractivity contribution in [1.82, 2.24) is 5.32 Å². The Morgan fingerprint density at radius 2 is 2.00 bits per heavy atom. The molecule has 0 saturated heterocycles. The van der Waals surface area contributed by atoms with Crippen LogP contribution in [0.3, 0.4) is 0 Å². The normalized spacial score (nSPS) is 9.56. The van der Waals surface area contributed by atoms with E-state index >= 15 is 0 Å². The summed E-state index contributed by atoms with van der Waals surface area (Å²) in [6.45, 7) is 4.06. The van der Waals surface area contributed by atoms with E-state index in [1.54, 1.807) is 0 Å². The molecule has 1 aromatic rings. The summed E-state index contributed by atoms with van der Waals surface area (Å²) in [6.07, 6.45) is 1.96. The minimum absolute atomic E-state index is 0.135. The zero-order valence-electron chi connectivity index (χ0n) is 10.2. The molecule has 0 aliphatic heterocycles. The molecule has 4 heteroatoms. The van der Waals surface area contributed by atoms with Gasteiger partial charge in [0.1, 0.15) is 13.0 Å². The molecule has 1 aromatic carbocycles. The number of esters is 1. The molecule has 1 amide bonds. The van der Waals surface area contributed by atoms with E-state index in [-0.39, 0.29) is 18.9 Å². The molecule has 4 nitrogen and oxygen atoms in total. The van der Waals surface area contributed by atoms with Gasteiger partial charge in [-0.2, -0.15) is 0 Å². The second kappa shape index (κ2) is 8.06. The van der Waals surface area contributed by atoms with E-state index < -0.39 is 5.97 Å². The Balaban J connectivity index is 2.17. The van der Waals surface area contributed by atoms with E-state index in [2.05, 4.69) is 11.9 Å². The fraction of sp³-hybridized carbons (Fsp3) is 0.286. The summed E-state index contributed by atoms with van der Waals surface area (Å²) in [5.74, 6) is -0.855. The highest BCUT2D eigenvalue weighted by Gasteiger charge is 2.09. The van der Waals surface area contributed by atoms with Crippen molar-refractivity contribution in [1.29, 1.82) is 0 Å². The highest BCUT2D eigenvalue weighted by molar-refractivity contribution is 5.94. The molecule has 0 radical (unpaired) electrons. The van der Waals surface area contributed by atoms with Gasteiger partial charge in [0.2, 0.25) is 5.91 Å². The van der Waals surface area contributed by atoms with Crippen molar-refractivity contribution < 1.29 is 14.3 Å². The second-order valence-corrected chi connectivity index (χ2v) is 3.73. The van der Waals surface area contributed by atoms with Crippen LogP contribution in [0.15, 0.2) is 43.0 Å². The average Bonchev–Trinajstić information content (AvgIpc) is 2.37. The molecule has 1 rings (SSSR count). The lowest BCUT2D eigenvalue weighted by Crippen LogP contribution is -2.28. The van der Waals surface area contributed by atoms with E-state index in [1.165, 1.54) is 6.08 Å². The lowest BCUT2D eigenvalue weighted by molar-refractivity contribution is -0.145. The van der Waals surface area contributed by atoms with Crippen LogP contribution in [-0.2, 0) is 20.7 Å². The smallest absolute Gasteiger partial charge is 0.315 e. The minimum atomic E-state index is -0.535. The average molecular weight is 247 g/mol. The number of hydrogen-bond donors (Lipinski definition) is 1. The number of carbonyl (C=O) groups is 2. The maximum Gasteiger partial charge on any atom is 0.315 e. The maximum absolute atomic E-state index is 11.4. The van der Waals surface area contributed by atoms with Crippen LogP contribution in [0.25, 0.3) is 0 Å². The van der Waals surface area contributed by atoms with E-state index in [9.17, 15) is 9.59 Å². The summed E-state index contributed by atoms with van der Waals surface area (Å²) in [5, 5.41) is 2.67. The third kappa shape index (κ3) is 5.84. The molecule has 0 saturated carbocycles. The summed E-state index contributed by atoms with van der Waals surface area (Å²) >= 11 is 0. The zero-order chi connectivity index (χ0) is 13.2. The minimum Gasteiger partial charge on any atom is -0.461 e. The van der Waals surface area contributed by atoms with Crippen molar-refractivity contribution in [3.8, 4) is 0 Å². The molecular formula is C14H17NO3. The van der Waals surface area contributed by atoms with Gasteiger partial charge in [-0.1, -0.05) is 43.0 Å². The molecule has 0 aliphatic carbocycles. The number of carbonyl (C=O) groups excluding carboxylic acids is 2. The topological polar surface area (TPSA) is 55.4 Å². The van der Waals surface area contributed by atoms with Gasteiger partial charge in [0.25, 0.3) is 0 Å². The van der Waals surface area contributed by atoms with Gasteiger partial charge >= 0.3 is 5.97 Å². The lowest BCUT2D eigenvalue weighted by atomic mass is 10.1. The Morgan fingerprint density at radius 3 is 2.67 bits per heavy atom. The number of nitrogens with one attached hydrogen (secondary N) is 1. The number of amides is 1. The van der Waals surface area contributed by atoms with E-state index in [0.717, 1.165) is 12.0 Å². The SMILES string of the molecule is C=CCOC(=O)CC(=O)NCCc1ccccc1. The quantitative estimate of drug-likeness (QED) is 0.451. The summed E-state index contributed by atoms with van der Waals surface area (Å²) in [6, 6.07) is 9.82. The molecule has 0 aliphatic rings. The van der Waals surface area contributed by atoms with Crippen LogP contribution in [0.5, 0.6) is 0 Å². The van der Waals surface area contributed by atoms with Gasteiger partial charge in [0.15, 0.2) is 0 Å². The molecule has 1 N–H and O–H groups in total. The fourth-order valence-corrected chi connectivity index (χ4v) is 1.39. The summed E-state index contributed by atoms with van der Waals surface area (Å²) < 4.78 is 4.71. The first-order valence-electron chi connectivity index (χ1n) is 5.79. The van der Waals surface area contributed by atoms with Gasteiger partial charge < -0.3 is 10.1 Å². The Morgan fingerprint density at radius 1 is 1.28 bits per heavy atom. The van der Waals surface area contributed by atoms with Crippen LogP contribution in [0.2, 0.25) is 0 Å². The lowest BCUT2D eigenvalue weighted by Gasteiger charge is -2.05. The van der Waals surface area contributed by atoms with Crippen LogP contribution >= 0.6 is 0 Å².